The van der Waals surface area contributed by atoms with Gasteiger partial charge in [-0.2, -0.15) is 0 Å². The molecule has 122 valence electrons. The van der Waals surface area contributed by atoms with E-state index in [9.17, 15) is 0 Å². The van der Waals surface area contributed by atoms with E-state index in [0.29, 0.717) is 25.7 Å². The number of hydrogen-bond donors (Lipinski definition) is 2. The van der Waals surface area contributed by atoms with Crippen molar-refractivity contribution >= 4 is 22.9 Å². The van der Waals surface area contributed by atoms with E-state index in [2.05, 4.69) is 10.3 Å². The Kier molecular flexibility index (Phi) is 6.29. The molecule has 1 heterocycles. The zero-order valence-electron chi connectivity index (χ0n) is 12.6. The molecule has 1 atom stereocenters. The summed E-state index contributed by atoms with van der Waals surface area (Å²) < 4.78 is 11.5. The quantitative estimate of drug-likeness (QED) is 0.634. The molecule has 5 nitrogen and oxygen atoms in total. The van der Waals surface area contributed by atoms with E-state index >= 15 is 0 Å². The third kappa shape index (κ3) is 4.89. The first kappa shape index (κ1) is 17.1. The average Bonchev–Trinajstić information content (AvgIpc) is 2.59. The van der Waals surface area contributed by atoms with Crippen molar-refractivity contribution < 1.29 is 9.47 Å². The number of halogens is 1. The Morgan fingerprint density at radius 1 is 1.09 bits per heavy atom. The molecular formula is C17H20BrN3O2. The molecule has 0 saturated heterocycles. The van der Waals surface area contributed by atoms with Crippen molar-refractivity contribution in [3.8, 4) is 11.5 Å². The molecule has 2 aromatic carbocycles. The van der Waals surface area contributed by atoms with Gasteiger partial charge in [0.15, 0.2) is 17.5 Å². The lowest BCUT2D eigenvalue weighted by Crippen LogP contribution is -2.43. The van der Waals surface area contributed by atoms with Crippen molar-refractivity contribution in [2.45, 2.75) is 12.6 Å². The average molecular weight is 378 g/mol. The van der Waals surface area contributed by atoms with E-state index in [1.165, 1.54) is 0 Å². The summed E-state index contributed by atoms with van der Waals surface area (Å²) in [5, 5.41) is 3.08. The van der Waals surface area contributed by atoms with Crippen LogP contribution in [0.25, 0.3) is 0 Å². The Labute approximate surface area is 146 Å². The highest BCUT2D eigenvalue weighted by Gasteiger charge is 2.20. The zero-order chi connectivity index (χ0) is 15.2. The van der Waals surface area contributed by atoms with E-state index in [1.807, 2.05) is 54.6 Å². The van der Waals surface area contributed by atoms with Gasteiger partial charge in [-0.15, -0.1) is 17.0 Å². The number of nitrogens with two attached hydrogens (primary N) is 1. The largest absolute Gasteiger partial charge is 0.486 e. The number of benzene rings is 2. The van der Waals surface area contributed by atoms with Gasteiger partial charge in [0, 0.05) is 0 Å². The van der Waals surface area contributed by atoms with Crippen LogP contribution in [0.2, 0.25) is 0 Å². The summed E-state index contributed by atoms with van der Waals surface area (Å²) in [4.78, 5) is 4.31. The van der Waals surface area contributed by atoms with Gasteiger partial charge in [-0.3, -0.25) is 0 Å². The summed E-state index contributed by atoms with van der Waals surface area (Å²) in [5.74, 6) is 1.95. The lowest BCUT2D eigenvalue weighted by Gasteiger charge is -2.26. The molecule has 23 heavy (non-hydrogen) atoms. The molecule has 0 fully saturated rings. The highest BCUT2D eigenvalue weighted by atomic mass is 79.9. The number of ether oxygens (including phenoxy) is 2. The predicted molar refractivity (Wildman–Crippen MR) is 96.4 cm³/mol. The Balaban J connectivity index is 0.00000192. The Morgan fingerprint density at radius 2 is 1.78 bits per heavy atom. The van der Waals surface area contributed by atoms with Crippen LogP contribution in [0.1, 0.15) is 5.56 Å². The number of hydrogen-bond acceptors (Lipinski definition) is 3. The molecule has 6 heteroatoms. The molecule has 3 N–H and O–H groups in total. The van der Waals surface area contributed by atoms with E-state index < -0.39 is 0 Å². The first-order chi connectivity index (χ1) is 10.8. The fourth-order valence-electron chi connectivity index (χ4n) is 2.20. The summed E-state index contributed by atoms with van der Waals surface area (Å²) in [6, 6.07) is 17.6. The molecule has 0 aromatic heterocycles. The zero-order valence-corrected chi connectivity index (χ0v) is 14.4. The van der Waals surface area contributed by atoms with Crippen LogP contribution < -0.4 is 20.5 Å². The lowest BCUT2D eigenvalue weighted by molar-refractivity contribution is 0.0937. The lowest BCUT2D eigenvalue weighted by atomic mass is 10.2. The molecule has 0 aliphatic carbocycles. The maximum absolute atomic E-state index is 5.88. The van der Waals surface area contributed by atoms with Crippen molar-refractivity contribution in [2.24, 2.45) is 10.7 Å². The van der Waals surface area contributed by atoms with Crippen molar-refractivity contribution in [1.29, 1.82) is 0 Å². The van der Waals surface area contributed by atoms with Crippen LogP contribution in [0.15, 0.2) is 59.6 Å². The number of para-hydroxylation sites is 2. The molecular weight excluding hydrogens is 358 g/mol. The second kappa shape index (κ2) is 8.43. The summed E-state index contributed by atoms with van der Waals surface area (Å²) in [5.41, 5.74) is 7.00. The summed E-state index contributed by atoms with van der Waals surface area (Å²) in [6.45, 7) is 1.61. The van der Waals surface area contributed by atoms with Crippen LogP contribution in [0.3, 0.4) is 0 Å². The molecule has 0 radical (unpaired) electrons. The van der Waals surface area contributed by atoms with Gasteiger partial charge in [0.05, 0.1) is 13.1 Å². The van der Waals surface area contributed by atoms with Crippen LogP contribution in [-0.2, 0) is 6.54 Å². The third-order valence-electron chi connectivity index (χ3n) is 3.35. The Hall–Kier alpha value is -2.21. The summed E-state index contributed by atoms with van der Waals surface area (Å²) in [6.07, 6.45) is -0.0830. The van der Waals surface area contributed by atoms with Gasteiger partial charge in [0.25, 0.3) is 0 Å². The van der Waals surface area contributed by atoms with Gasteiger partial charge in [0.2, 0.25) is 0 Å². The second-order valence-electron chi connectivity index (χ2n) is 5.07. The highest BCUT2D eigenvalue weighted by Crippen LogP contribution is 2.30. The third-order valence-corrected chi connectivity index (χ3v) is 3.35. The first-order valence-electron chi connectivity index (χ1n) is 7.27. The fraction of sp³-hybridized carbons (Fsp3) is 0.235. The molecule has 0 amide bonds. The standard InChI is InChI=1S/C17H19N3O2.BrH/c18-17(19-10-13-6-2-1-3-7-13)20-11-14-12-21-15-8-4-5-9-16(15)22-14;/h1-9,14H,10-12H2,(H3,18,19,20);1H. The summed E-state index contributed by atoms with van der Waals surface area (Å²) >= 11 is 0. The van der Waals surface area contributed by atoms with Crippen LogP contribution >= 0.6 is 17.0 Å². The molecule has 3 rings (SSSR count). The van der Waals surface area contributed by atoms with Crippen LogP contribution in [0.5, 0.6) is 11.5 Å². The van der Waals surface area contributed by atoms with Crippen molar-refractivity contribution in [3.05, 3.63) is 60.2 Å². The van der Waals surface area contributed by atoms with Crippen LogP contribution in [0, 0.1) is 0 Å². The number of nitrogens with one attached hydrogen (secondary N) is 1. The number of aliphatic imine (C=N–C) groups is 1. The summed E-state index contributed by atoms with van der Waals surface area (Å²) in [7, 11) is 0. The fourth-order valence-corrected chi connectivity index (χ4v) is 2.20. The van der Waals surface area contributed by atoms with Crippen LogP contribution in [0.4, 0.5) is 0 Å². The van der Waals surface area contributed by atoms with E-state index in [-0.39, 0.29) is 23.1 Å². The number of nitrogens with zero attached hydrogens (tertiary/aromatic N) is 1. The minimum absolute atomic E-state index is 0. The number of fused-ring (bicyclic) bond motifs is 1. The van der Waals surface area contributed by atoms with Gasteiger partial charge in [0.1, 0.15) is 12.7 Å². The van der Waals surface area contributed by atoms with Gasteiger partial charge >= 0.3 is 0 Å². The van der Waals surface area contributed by atoms with E-state index in [0.717, 1.165) is 17.1 Å². The minimum atomic E-state index is -0.0830. The second-order valence-corrected chi connectivity index (χ2v) is 5.07. The van der Waals surface area contributed by atoms with Gasteiger partial charge in [-0.05, 0) is 17.7 Å². The predicted octanol–water partition coefficient (Wildman–Crippen LogP) is 2.51. The van der Waals surface area contributed by atoms with Crippen molar-refractivity contribution in [1.82, 2.24) is 5.32 Å². The minimum Gasteiger partial charge on any atom is -0.486 e. The van der Waals surface area contributed by atoms with E-state index in [1.54, 1.807) is 0 Å². The van der Waals surface area contributed by atoms with Crippen LogP contribution in [-0.4, -0.2) is 25.2 Å². The number of rotatable bonds is 4. The molecule has 1 aliphatic rings. The maximum atomic E-state index is 5.88. The first-order valence-corrected chi connectivity index (χ1v) is 7.27. The van der Waals surface area contributed by atoms with Gasteiger partial charge < -0.3 is 20.5 Å². The highest BCUT2D eigenvalue weighted by molar-refractivity contribution is 8.93. The maximum Gasteiger partial charge on any atom is 0.189 e. The normalized spacial score (nSPS) is 16.3. The molecule has 0 saturated carbocycles. The smallest absolute Gasteiger partial charge is 0.189 e. The van der Waals surface area contributed by atoms with Crippen molar-refractivity contribution in [2.75, 3.05) is 13.2 Å². The molecule has 1 unspecified atom stereocenters. The van der Waals surface area contributed by atoms with E-state index in [4.69, 9.17) is 15.2 Å². The Bertz CT molecular complexity index is 649. The molecule has 0 bridgehead atoms. The monoisotopic (exact) mass is 377 g/mol. The van der Waals surface area contributed by atoms with Gasteiger partial charge in [-0.25, -0.2) is 4.99 Å². The van der Waals surface area contributed by atoms with Gasteiger partial charge in [-0.1, -0.05) is 42.5 Å². The van der Waals surface area contributed by atoms with Crippen molar-refractivity contribution in [3.63, 3.8) is 0 Å². The number of guanidine groups is 1. The molecule has 2 aromatic rings. The topological polar surface area (TPSA) is 68.9 Å². The SMILES string of the molecule is Br.NC(=NCc1ccccc1)NCC1COc2ccccc2O1. The molecule has 1 aliphatic heterocycles. The Morgan fingerprint density at radius 3 is 2.57 bits per heavy atom. The molecule has 0 spiro atoms.